The summed E-state index contributed by atoms with van der Waals surface area (Å²) in [6, 6.07) is 8.33. The molecule has 1 aromatic carbocycles. The quantitative estimate of drug-likeness (QED) is 0.888. The monoisotopic (exact) mass is 264 g/mol. The summed E-state index contributed by atoms with van der Waals surface area (Å²) in [6.07, 6.45) is 0.963. The van der Waals surface area contributed by atoms with Crippen LogP contribution in [0.5, 0.6) is 0 Å². The minimum atomic E-state index is -0.538. The van der Waals surface area contributed by atoms with Crippen molar-refractivity contribution in [2.45, 2.75) is 51.4 Å². The predicted molar refractivity (Wildman–Crippen MR) is 75.2 cm³/mol. The van der Waals surface area contributed by atoms with Crippen molar-refractivity contribution in [2.75, 3.05) is 13.2 Å². The first-order chi connectivity index (χ1) is 9.04. The van der Waals surface area contributed by atoms with Gasteiger partial charge < -0.3 is 14.6 Å². The Morgan fingerprint density at radius 3 is 2.89 bits per heavy atom. The van der Waals surface area contributed by atoms with Crippen LogP contribution in [-0.2, 0) is 15.9 Å². The summed E-state index contributed by atoms with van der Waals surface area (Å²) in [5.74, 6) is 0. The Morgan fingerprint density at radius 1 is 1.42 bits per heavy atom. The van der Waals surface area contributed by atoms with Gasteiger partial charge in [-0.25, -0.2) is 0 Å². The molecule has 0 bridgehead atoms. The highest BCUT2D eigenvalue weighted by Gasteiger charge is 2.32. The van der Waals surface area contributed by atoms with Gasteiger partial charge >= 0.3 is 0 Å². The Labute approximate surface area is 115 Å². The topological polar surface area (TPSA) is 38.7 Å². The molecule has 1 heterocycles. The summed E-state index contributed by atoms with van der Waals surface area (Å²) in [4.78, 5) is 0. The number of hydrogen-bond donors (Lipinski definition) is 1. The van der Waals surface area contributed by atoms with E-state index < -0.39 is 11.7 Å². The van der Waals surface area contributed by atoms with Crippen LogP contribution >= 0.6 is 0 Å². The van der Waals surface area contributed by atoms with E-state index in [9.17, 15) is 5.11 Å². The van der Waals surface area contributed by atoms with Crippen molar-refractivity contribution in [1.29, 1.82) is 0 Å². The minimum absolute atomic E-state index is 0.0281. The average Bonchev–Trinajstić information content (AvgIpc) is 2.39. The maximum Gasteiger partial charge on any atom is 0.0885 e. The molecular weight excluding hydrogens is 240 g/mol. The molecule has 2 unspecified atom stereocenters. The van der Waals surface area contributed by atoms with Gasteiger partial charge in [0.1, 0.15) is 0 Å². The van der Waals surface area contributed by atoms with E-state index in [4.69, 9.17) is 9.47 Å². The number of aliphatic hydroxyl groups is 1. The lowest BCUT2D eigenvalue weighted by atomic mass is 9.89. The van der Waals surface area contributed by atoms with Crippen molar-refractivity contribution in [1.82, 2.24) is 0 Å². The van der Waals surface area contributed by atoms with Gasteiger partial charge in [-0.2, -0.15) is 0 Å². The van der Waals surface area contributed by atoms with Crippen LogP contribution in [0.15, 0.2) is 24.3 Å². The van der Waals surface area contributed by atoms with Gasteiger partial charge in [0.05, 0.1) is 24.4 Å². The molecule has 0 spiro atoms. The molecule has 0 amide bonds. The van der Waals surface area contributed by atoms with Crippen LogP contribution in [0.1, 0.15) is 44.4 Å². The van der Waals surface area contributed by atoms with Gasteiger partial charge in [0.25, 0.3) is 0 Å². The van der Waals surface area contributed by atoms with Crippen molar-refractivity contribution >= 4 is 0 Å². The first kappa shape index (κ1) is 14.5. The van der Waals surface area contributed by atoms with Gasteiger partial charge in [-0.15, -0.1) is 0 Å². The molecule has 106 valence electrons. The Hall–Kier alpha value is -0.900. The molecule has 19 heavy (non-hydrogen) atoms. The lowest BCUT2D eigenvalue weighted by Crippen LogP contribution is -2.40. The largest absolute Gasteiger partial charge is 0.390 e. The summed E-state index contributed by atoms with van der Waals surface area (Å²) in [5, 5.41) is 10.4. The molecule has 3 nitrogen and oxygen atoms in total. The molecule has 0 saturated carbocycles. The van der Waals surface area contributed by atoms with Crippen molar-refractivity contribution in [3.05, 3.63) is 35.4 Å². The van der Waals surface area contributed by atoms with Crippen LogP contribution in [0.3, 0.4) is 0 Å². The Balaban J connectivity index is 2.08. The summed E-state index contributed by atoms with van der Waals surface area (Å²) in [7, 11) is 0. The second-order valence-corrected chi connectivity index (χ2v) is 5.60. The van der Waals surface area contributed by atoms with E-state index in [-0.39, 0.29) is 6.10 Å². The fourth-order valence-electron chi connectivity index (χ4n) is 2.63. The molecule has 3 heteroatoms. The Morgan fingerprint density at radius 2 is 2.16 bits per heavy atom. The van der Waals surface area contributed by atoms with Crippen molar-refractivity contribution in [3.8, 4) is 0 Å². The summed E-state index contributed by atoms with van der Waals surface area (Å²) >= 11 is 0. The lowest BCUT2D eigenvalue weighted by molar-refractivity contribution is -0.116. The first-order valence-corrected chi connectivity index (χ1v) is 7.06. The summed E-state index contributed by atoms with van der Waals surface area (Å²) in [5.41, 5.74) is 2.00. The molecule has 0 saturated heterocycles. The second-order valence-electron chi connectivity index (χ2n) is 5.60. The highest BCUT2D eigenvalue weighted by Crippen LogP contribution is 2.33. The predicted octanol–water partition coefficient (Wildman–Crippen LogP) is 2.87. The molecule has 1 aliphatic heterocycles. The number of benzene rings is 1. The van der Waals surface area contributed by atoms with E-state index in [0.29, 0.717) is 13.0 Å². The van der Waals surface area contributed by atoms with Gasteiger partial charge in [-0.3, -0.25) is 0 Å². The molecule has 2 rings (SSSR count). The van der Waals surface area contributed by atoms with E-state index in [1.807, 2.05) is 26.8 Å². The van der Waals surface area contributed by atoms with E-state index in [0.717, 1.165) is 13.0 Å². The fraction of sp³-hybridized carbons (Fsp3) is 0.625. The average molecular weight is 264 g/mol. The van der Waals surface area contributed by atoms with Crippen LogP contribution in [0.4, 0.5) is 0 Å². The van der Waals surface area contributed by atoms with Gasteiger partial charge in [0.15, 0.2) is 0 Å². The highest BCUT2D eigenvalue weighted by atomic mass is 16.5. The lowest BCUT2D eigenvalue weighted by Gasteiger charge is -2.34. The Kier molecular flexibility index (Phi) is 4.61. The van der Waals surface area contributed by atoms with Crippen LogP contribution < -0.4 is 0 Å². The number of aliphatic hydroxyl groups excluding tert-OH is 1. The molecular formula is C16H24O3. The molecule has 0 fully saturated rings. The smallest absolute Gasteiger partial charge is 0.0885 e. The first-order valence-electron chi connectivity index (χ1n) is 7.06. The molecule has 0 aliphatic carbocycles. The number of fused-ring (bicyclic) bond motifs is 1. The van der Waals surface area contributed by atoms with E-state index >= 15 is 0 Å². The van der Waals surface area contributed by atoms with Gasteiger partial charge in [0.2, 0.25) is 0 Å². The van der Waals surface area contributed by atoms with Gasteiger partial charge in [0, 0.05) is 13.0 Å². The second kappa shape index (κ2) is 6.04. The standard InChI is InChI=1S/C16H24O3/c1-4-19-16(2,3)15(17)11-14-13-8-6-5-7-12(13)9-10-18-14/h5-8,14-15,17H,4,9-11H2,1-3H3. The summed E-state index contributed by atoms with van der Waals surface area (Å²) in [6.45, 7) is 7.13. The van der Waals surface area contributed by atoms with Gasteiger partial charge in [-0.05, 0) is 38.3 Å². The van der Waals surface area contributed by atoms with Crippen molar-refractivity contribution < 1.29 is 14.6 Å². The summed E-state index contributed by atoms with van der Waals surface area (Å²) < 4.78 is 11.4. The third kappa shape index (κ3) is 3.35. The molecule has 1 aromatic rings. The maximum absolute atomic E-state index is 10.4. The number of hydrogen-bond acceptors (Lipinski definition) is 3. The zero-order chi connectivity index (χ0) is 13.9. The normalized spacial score (nSPS) is 20.9. The zero-order valence-corrected chi connectivity index (χ0v) is 12.1. The number of ether oxygens (including phenoxy) is 2. The Bertz CT molecular complexity index is 414. The van der Waals surface area contributed by atoms with Crippen molar-refractivity contribution in [3.63, 3.8) is 0 Å². The van der Waals surface area contributed by atoms with Crippen LogP contribution in [-0.4, -0.2) is 30.0 Å². The van der Waals surface area contributed by atoms with E-state index in [1.165, 1.54) is 11.1 Å². The third-order valence-corrected chi connectivity index (χ3v) is 3.85. The SMILES string of the molecule is CCOC(C)(C)C(O)CC1OCCc2ccccc21. The number of rotatable bonds is 5. The van der Waals surface area contributed by atoms with Gasteiger partial charge in [-0.1, -0.05) is 24.3 Å². The third-order valence-electron chi connectivity index (χ3n) is 3.85. The molecule has 0 aromatic heterocycles. The van der Waals surface area contributed by atoms with Crippen LogP contribution in [0.25, 0.3) is 0 Å². The van der Waals surface area contributed by atoms with Crippen molar-refractivity contribution in [2.24, 2.45) is 0 Å². The van der Waals surface area contributed by atoms with E-state index in [2.05, 4.69) is 18.2 Å². The molecule has 1 aliphatic rings. The maximum atomic E-state index is 10.4. The van der Waals surface area contributed by atoms with Crippen LogP contribution in [0.2, 0.25) is 0 Å². The zero-order valence-electron chi connectivity index (χ0n) is 12.1. The highest BCUT2D eigenvalue weighted by molar-refractivity contribution is 5.31. The molecule has 2 atom stereocenters. The molecule has 0 radical (unpaired) electrons. The minimum Gasteiger partial charge on any atom is -0.390 e. The van der Waals surface area contributed by atoms with E-state index in [1.54, 1.807) is 0 Å². The molecule has 1 N–H and O–H groups in total. The van der Waals surface area contributed by atoms with Crippen LogP contribution in [0, 0.1) is 0 Å². The fourth-order valence-corrected chi connectivity index (χ4v) is 2.63.